The summed E-state index contributed by atoms with van der Waals surface area (Å²) in [7, 11) is 1.93. The minimum atomic E-state index is 0.300. The standard InChI is InChI=1S/C10H19N3/c1-10(2,3)5-9-12-7-8(13-9)6-11-4/h7,11H,5-6H2,1-4H3,(H,12,13). The number of aromatic amines is 1. The molecule has 13 heavy (non-hydrogen) atoms. The molecule has 0 amide bonds. The molecule has 74 valence electrons. The van der Waals surface area contributed by atoms with Gasteiger partial charge in [0.05, 0.1) is 0 Å². The first-order valence-corrected chi connectivity index (χ1v) is 4.68. The average Bonchev–Trinajstić information content (AvgIpc) is 2.33. The number of imidazole rings is 1. The van der Waals surface area contributed by atoms with Crippen LogP contribution in [0.3, 0.4) is 0 Å². The molecule has 0 aliphatic rings. The molecule has 0 aliphatic carbocycles. The second-order valence-electron chi connectivity index (χ2n) is 4.62. The van der Waals surface area contributed by atoms with Crippen LogP contribution in [0.25, 0.3) is 0 Å². The molecule has 0 aromatic carbocycles. The van der Waals surface area contributed by atoms with E-state index in [1.165, 1.54) is 0 Å². The van der Waals surface area contributed by atoms with Crippen molar-refractivity contribution in [1.82, 2.24) is 15.3 Å². The fourth-order valence-corrected chi connectivity index (χ4v) is 1.28. The van der Waals surface area contributed by atoms with Crippen LogP contribution in [0, 0.1) is 5.41 Å². The van der Waals surface area contributed by atoms with E-state index in [0.717, 1.165) is 24.5 Å². The summed E-state index contributed by atoms with van der Waals surface area (Å²) in [5.41, 5.74) is 1.45. The number of nitrogens with zero attached hydrogens (tertiary/aromatic N) is 1. The summed E-state index contributed by atoms with van der Waals surface area (Å²) in [6.45, 7) is 7.50. The highest BCUT2D eigenvalue weighted by Gasteiger charge is 2.13. The maximum absolute atomic E-state index is 4.32. The van der Waals surface area contributed by atoms with Gasteiger partial charge in [-0.25, -0.2) is 4.98 Å². The third kappa shape index (κ3) is 3.59. The van der Waals surface area contributed by atoms with Crippen LogP contribution in [0.1, 0.15) is 32.3 Å². The molecular weight excluding hydrogens is 162 g/mol. The Balaban J connectivity index is 2.59. The highest BCUT2D eigenvalue weighted by atomic mass is 14.9. The van der Waals surface area contributed by atoms with E-state index in [1.807, 2.05) is 13.2 Å². The van der Waals surface area contributed by atoms with E-state index in [0.29, 0.717) is 5.41 Å². The third-order valence-corrected chi connectivity index (χ3v) is 1.75. The van der Waals surface area contributed by atoms with Crippen molar-refractivity contribution in [3.8, 4) is 0 Å². The monoisotopic (exact) mass is 181 g/mol. The van der Waals surface area contributed by atoms with Gasteiger partial charge in [0.1, 0.15) is 5.82 Å². The number of hydrogen-bond donors (Lipinski definition) is 2. The largest absolute Gasteiger partial charge is 0.345 e. The Morgan fingerprint density at radius 3 is 2.69 bits per heavy atom. The smallest absolute Gasteiger partial charge is 0.106 e. The number of nitrogens with one attached hydrogen (secondary N) is 2. The van der Waals surface area contributed by atoms with Gasteiger partial charge in [0, 0.05) is 24.9 Å². The summed E-state index contributed by atoms with van der Waals surface area (Å²) in [4.78, 5) is 7.62. The normalized spacial score (nSPS) is 12.0. The molecule has 1 aromatic heterocycles. The Hall–Kier alpha value is -0.830. The van der Waals surface area contributed by atoms with Crippen LogP contribution < -0.4 is 5.32 Å². The van der Waals surface area contributed by atoms with Crippen LogP contribution in [0.15, 0.2) is 6.20 Å². The Bertz CT molecular complexity index is 257. The van der Waals surface area contributed by atoms with E-state index in [4.69, 9.17) is 0 Å². The maximum Gasteiger partial charge on any atom is 0.106 e. The van der Waals surface area contributed by atoms with Gasteiger partial charge in [0.25, 0.3) is 0 Å². The second kappa shape index (κ2) is 3.92. The first kappa shape index (κ1) is 10.3. The van der Waals surface area contributed by atoms with E-state index < -0.39 is 0 Å². The number of rotatable bonds is 3. The molecule has 0 atom stereocenters. The molecule has 0 spiro atoms. The zero-order valence-electron chi connectivity index (χ0n) is 8.94. The van der Waals surface area contributed by atoms with Crippen molar-refractivity contribution in [2.45, 2.75) is 33.7 Å². The van der Waals surface area contributed by atoms with Crippen LogP contribution in [-0.2, 0) is 13.0 Å². The molecule has 1 rings (SSSR count). The summed E-state index contributed by atoms with van der Waals surface area (Å²) < 4.78 is 0. The lowest BCUT2D eigenvalue weighted by Gasteiger charge is -2.15. The molecule has 0 radical (unpaired) electrons. The molecule has 0 aliphatic heterocycles. The number of H-pyrrole nitrogens is 1. The molecule has 0 saturated heterocycles. The Morgan fingerprint density at radius 1 is 1.46 bits per heavy atom. The minimum Gasteiger partial charge on any atom is -0.345 e. The first-order valence-electron chi connectivity index (χ1n) is 4.68. The van der Waals surface area contributed by atoms with Gasteiger partial charge in [0.15, 0.2) is 0 Å². The van der Waals surface area contributed by atoms with Crippen molar-refractivity contribution >= 4 is 0 Å². The van der Waals surface area contributed by atoms with Gasteiger partial charge in [-0.2, -0.15) is 0 Å². The van der Waals surface area contributed by atoms with Crippen LogP contribution in [-0.4, -0.2) is 17.0 Å². The SMILES string of the molecule is CNCc1cnc(CC(C)(C)C)[nH]1. The van der Waals surface area contributed by atoms with E-state index in [9.17, 15) is 0 Å². The molecule has 3 nitrogen and oxygen atoms in total. The topological polar surface area (TPSA) is 40.7 Å². The average molecular weight is 181 g/mol. The zero-order valence-corrected chi connectivity index (χ0v) is 8.94. The van der Waals surface area contributed by atoms with Gasteiger partial charge < -0.3 is 10.3 Å². The van der Waals surface area contributed by atoms with E-state index >= 15 is 0 Å². The summed E-state index contributed by atoms with van der Waals surface area (Å²) >= 11 is 0. The second-order valence-corrected chi connectivity index (χ2v) is 4.62. The molecule has 0 fully saturated rings. The molecule has 1 aromatic rings. The van der Waals surface area contributed by atoms with E-state index in [1.54, 1.807) is 0 Å². The van der Waals surface area contributed by atoms with Crippen molar-refractivity contribution in [2.75, 3.05) is 7.05 Å². The van der Waals surface area contributed by atoms with Crippen molar-refractivity contribution in [2.24, 2.45) is 5.41 Å². The number of hydrogen-bond acceptors (Lipinski definition) is 2. The highest BCUT2D eigenvalue weighted by Crippen LogP contribution is 2.18. The summed E-state index contributed by atoms with van der Waals surface area (Å²) in [6, 6.07) is 0. The molecule has 0 saturated carbocycles. The van der Waals surface area contributed by atoms with Crippen LogP contribution in [0.5, 0.6) is 0 Å². The van der Waals surface area contributed by atoms with Gasteiger partial charge in [-0.15, -0.1) is 0 Å². The van der Waals surface area contributed by atoms with Gasteiger partial charge in [0.2, 0.25) is 0 Å². The van der Waals surface area contributed by atoms with Crippen LogP contribution >= 0.6 is 0 Å². The van der Waals surface area contributed by atoms with Gasteiger partial charge >= 0.3 is 0 Å². The van der Waals surface area contributed by atoms with Crippen molar-refractivity contribution < 1.29 is 0 Å². The lowest BCUT2D eigenvalue weighted by atomic mass is 9.92. The molecular formula is C10H19N3. The summed E-state index contributed by atoms with van der Waals surface area (Å²) in [6.07, 6.45) is 2.90. The van der Waals surface area contributed by atoms with Gasteiger partial charge in [-0.05, 0) is 12.5 Å². The number of aromatic nitrogens is 2. The summed E-state index contributed by atoms with van der Waals surface area (Å²) in [5, 5.41) is 3.09. The van der Waals surface area contributed by atoms with E-state index in [2.05, 4.69) is 36.1 Å². The fourth-order valence-electron chi connectivity index (χ4n) is 1.28. The Labute approximate surface area is 80.0 Å². The molecule has 0 unspecified atom stereocenters. The molecule has 1 heterocycles. The molecule has 3 heteroatoms. The lowest BCUT2D eigenvalue weighted by molar-refractivity contribution is 0.402. The highest BCUT2D eigenvalue weighted by molar-refractivity contribution is 5.02. The van der Waals surface area contributed by atoms with E-state index in [-0.39, 0.29) is 0 Å². The predicted octanol–water partition coefficient (Wildman–Crippen LogP) is 1.72. The Kier molecular flexibility index (Phi) is 3.09. The maximum atomic E-state index is 4.32. The zero-order chi connectivity index (χ0) is 9.90. The third-order valence-electron chi connectivity index (χ3n) is 1.75. The lowest BCUT2D eigenvalue weighted by Crippen LogP contribution is -2.11. The van der Waals surface area contributed by atoms with Gasteiger partial charge in [-0.3, -0.25) is 0 Å². The minimum absolute atomic E-state index is 0.300. The van der Waals surface area contributed by atoms with Crippen LogP contribution in [0.4, 0.5) is 0 Å². The first-order chi connectivity index (χ1) is 6.01. The predicted molar refractivity (Wildman–Crippen MR) is 54.5 cm³/mol. The van der Waals surface area contributed by atoms with Crippen molar-refractivity contribution in [1.29, 1.82) is 0 Å². The van der Waals surface area contributed by atoms with Crippen molar-refractivity contribution in [3.63, 3.8) is 0 Å². The van der Waals surface area contributed by atoms with Gasteiger partial charge in [-0.1, -0.05) is 20.8 Å². The quantitative estimate of drug-likeness (QED) is 0.745. The molecule has 0 bridgehead atoms. The van der Waals surface area contributed by atoms with Crippen molar-refractivity contribution in [3.05, 3.63) is 17.7 Å². The summed E-state index contributed by atoms with van der Waals surface area (Å²) in [5.74, 6) is 1.08. The van der Waals surface area contributed by atoms with Crippen LogP contribution in [0.2, 0.25) is 0 Å². The molecule has 2 N–H and O–H groups in total. The Morgan fingerprint density at radius 2 is 2.15 bits per heavy atom. The fraction of sp³-hybridized carbons (Fsp3) is 0.700.